The summed E-state index contributed by atoms with van der Waals surface area (Å²) in [6, 6.07) is 0. The SMILES string of the molecule is CC1C[N+]([O-])=CO1. The van der Waals surface area contributed by atoms with E-state index in [0.717, 1.165) is 4.74 Å². The van der Waals surface area contributed by atoms with Gasteiger partial charge in [-0.05, 0) is 6.92 Å². The fourth-order valence-corrected chi connectivity index (χ4v) is 0.511. The van der Waals surface area contributed by atoms with Crippen molar-refractivity contribution in [2.45, 2.75) is 13.0 Å². The molecule has 0 radical (unpaired) electrons. The van der Waals surface area contributed by atoms with Crippen molar-refractivity contribution in [3.8, 4) is 0 Å². The molecule has 1 aliphatic heterocycles. The molecule has 40 valence electrons. The van der Waals surface area contributed by atoms with E-state index in [9.17, 15) is 5.21 Å². The van der Waals surface area contributed by atoms with E-state index in [1.54, 1.807) is 0 Å². The van der Waals surface area contributed by atoms with Gasteiger partial charge < -0.3 is 9.94 Å². The summed E-state index contributed by atoms with van der Waals surface area (Å²) >= 11 is 0. The van der Waals surface area contributed by atoms with E-state index in [1.165, 1.54) is 6.40 Å². The van der Waals surface area contributed by atoms with Gasteiger partial charge in [-0.15, -0.1) is 0 Å². The molecule has 0 bridgehead atoms. The summed E-state index contributed by atoms with van der Waals surface area (Å²) in [4.78, 5) is 0. The van der Waals surface area contributed by atoms with Crippen LogP contribution in [-0.2, 0) is 4.74 Å². The molecule has 0 aliphatic carbocycles. The normalized spacial score (nSPS) is 29.3. The Morgan fingerprint density at radius 1 is 2.00 bits per heavy atom. The zero-order chi connectivity index (χ0) is 5.28. The highest BCUT2D eigenvalue weighted by Crippen LogP contribution is 1.94. The van der Waals surface area contributed by atoms with Crippen molar-refractivity contribution in [1.29, 1.82) is 0 Å². The van der Waals surface area contributed by atoms with E-state index >= 15 is 0 Å². The van der Waals surface area contributed by atoms with Gasteiger partial charge >= 0.3 is 6.40 Å². The maximum atomic E-state index is 10.2. The molecule has 1 heterocycles. The lowest BCUT2D eigenvalue weighted by molar-refractivity contribution is -0.445. The number of ether oxygens (including phenoxy) is 1. The molecule has 0 aromatic carbocycles. The molecule has 0 amide bonds. The fraction of sp³-hybridized carbons (Fsp3) is 0.750. The lowest BCUT2D eigenvalue weighted by Crippen LogP contribution is -2.08. The van der Waals surface area contributed by atoms with Gasteiger partial charge in [0.25, 0.3) is 0 Å². The summed E-state index contributed by atoms with van der Waals surface area (Å²) in [7, 11) is 0. The van der Waals surface area contributed by atoms with Gasteiger partial charge in [0.2, 0.25) is 0 Å². The van der Waals surface area contributed by atoms with Crippen LogP contribution in [-0.4, -0.2) is 23.8 Å². The molecular weight excluding hydrogens is 94.0 g/mol. The largest absolute Gasteiger partial charge is 0.621 e. The summed E-state index contributed by atoms with van der Waals surface area (Å²) in [5, 5.41) is 10.2. The zero-order valence-corrected chi connectivity index (χ0v) is 4.13. The Hall–Kier alpha value is -0.730. The maximum absolute atomic E-state index is 10.2. The van der Waals surface area contributed by atoms with Crippen LogP contribution < -0.4 is 0 Å². The van der Waals surface area contributed by atoms with Crippen molar-refractivity contribution >= 4 is 6.40 Å². The van der Waals surface area contributed by atoms with Gasteiger partial charge in [-0.25, -0.2) is 0 Å². The second-order valence-electron chi connectivity index (χ2n) is 1.65. The summed E-state index contributed by atoms with van der Waals surface area (Å²) in [5.41, 5.74) is 0. The van der Waals surface area contributed by atoms with Crippen molar-refractivity contribution < 1.29 is 9.48 Å². The highest BCUT2D eigenvalue weighted by molar-refractivity contribution is 5.41. The van der Waals surface area contributed by atoms with E-state index in [2.05, 4.69) is 0 Å². The summed E-state index contributed by atoms with van der Waals surface area (Å²) in [6.07, 6.45) is 1.28. The van der Waals surface area contributed by atoms with Crippen LogP contribution in [0.1, 0.15) is 6.92 Å². The fourth-order valence-electron chi connectivity index (χ4n) is 0.511. The molecule has 3 heteroatoms. The predicted molar refractivity (Wildman–Crippen MR) is 25.1 cm³/mol. The molecule has 0 fully saturated rings. The topological polar surface area (TPSA) is 35.3 Å². The highest BCUT2D eigenvalue weighted by Gasteiger charge is 2.13. The second kappa shape index (κ2) is 1.40. The van der Waals surface area contributed by atoms with E-state index < -0.39 is 0 Å². The van der Waals surface area contributed by atoms with Crippen molar-refractivity contribution in [2.75, 3.05) is 6.54 Å². The molecule has 1 aliphatic rings. The minimum absolute atomic E-state index is 0.0810. The van der Waals surface area contributed by atoms with Gasteiger partial charge in [-0.2, -0.15) is 4.74 Å². The summed E-state index contributed by atoms with van der Waals surface area (Å²) < 4.78 is 5.54. The van der Waals surface area contributed by atoms with Crippen LogP contribution in [0.5, 0.6) is 0 Å². The first kappa shape index (κ1) is 4.43. The van der Waals surface area contributed by atoms with E-state index in [4.69, 9.17) is 4.74 Å². The second-order valence-corrected chi connectivity index (χ2v) is 1.65. The van der Waals surface area contributed by atoms with Gasteiger partial charge in [-0.1, -0.05) is 0 Å². The average Bonchev–Trinajstić information content (AvgIpc) is 1.87. The first-order valence-corrected chi connectivity index (χ1v) is 2.21. The molecule has 0 aromatic rings. The van der Waals surface area contributed by atoms with Crippen molar-refractivity contribution in [1.82, 2.24) is 0 Å². The molecule has 0 saturated carbocycles. The molecule has 1 unspecified atom stereocenters. The third-order valence-corrected chi connectivity index (χ3v) is 0.848. The van der Waals surface area contributed by atoms with E-state index in [-0.39, 0.29) is 6.10 Å². The Kier molecular flexibility index (Phi) is 0.889. The van der Waals surface area contributed by atoms with Crippen LogP contribution in [0.3, 0.4) is 0 Å². The van der Waals surface area contributed by atoms with Gasteiger partial charge in [0.15, 0.2) is 12.6 Å². The Morgan fingerprint density at radius 2 is 2.71 bits per heavy atom. The summed E-state index contributed by atoms with van der Waals surface area (Å²) in [5.74, 6) is 0. The zero-order valence-electron chi connectivity index (χ0n) is 4.13. The molecule has 1 atom stereocenters. The first-order valence-electron chi connectivity index (χ1n) is 2.21. The van der Waals surface area contributed by atoms with Crippen molar-refractivity contribution in [2.24, 2.45) is 0 Å². The Bertz CT molecular complexity index is 99.9. The lowest BCUT2D eigenvalue weighted by Gasteiger charge is -1.93. The van der Waals surface area contributed by atoms with Gasteiger partial charge in [0, 0.05) is 0 Å². The number of hydrogen-bond acceptors (Lipinski definition) is 2. The third kappa shape index (κ3) is 0.824. The molecule has 7 heavy (non-hydrogen) atoms. The Labute approximate surface area is 41.8 Å². The molecular formula is C4H7NO2. The van der Waals surface area contributed by atoms with Crippen LogP contribution in [0.4, 0.5) is 0 Å². The number of hydroxylamine groups is 1. The quantitative estimate of drug-likeness (QED) is 0.316. The van der Waals surface area contributed by atoms with Crippen molar-refractivity contribution in [3.05, 3.63) is 5.21 Å². The van der Waals surface area contributed by atoms with E-state index in [1.807, 2.05) is 6.92 Å². The van der Waals surface area contributed by atoms with Crippen LogP contribution in [0.2, 0.25) is 0 Å². The number of nitrogens with zero attached hydrogens (tertiary/aromatic N) is 1. The highest BCUT2D eigenvalue weighted by atomic mass is 16.6. The predicted octanol–water partition coefficient (Wildman–Crippen LogP) is -0.0563. The average molecular weight is 101 g/mol. The first-order chi connectivity index (χ1) is 3.29. The third-order valence-electron chi connectivity index (χ3n) is 0.848. The van der Waals surface area contributed by atoms with Crippen LogP contribution in [0, 0.1) is 5.21 Å². The Balaban J connectivity index is 2.42. The van der Waals surface area contributed by atoms with Gasteiger partial charge in [0.05, 0.1) is 0 Å². The molecule has 0 spiro atoms. The van der Waals surface area contributed by atoms with Crippen LogP contribution in [0.25, 0.3) is 0 Å². The van der Waals surface area contributed by atoms with Crippen LogP contribution >= 0.6 is 0 Å². The minimum Gasteiger partial charge on any atom is -0.621 e. The maximum Gasteiger partial charge on any atom is 0.335 e. The lowest BCUT2D eigenvalue weighted by atomic mass is 10.4. The number of rotatable bonds is 0. The summed E-state index contributed by atoms with van der Waals surface area (Å²) in [6.45, 7) is 2.33. The Morgan fingerprint density at radius 3 is 2.86 bits per heavy atom. The minimum atomic E-state index is 0.0810. The smallest absolute Gasteiger partial charge is 0.335 e. The van der Waals surface area contributed by atoms with Crippen LogP contribution in [0.15, 0.2) is 0 Å². The molecule has 1 rings (SSSR count). The standard InChI is InChI=1S/C4H7NO2/c1-4-2-5(6)3-7-4/h3-4H,2H2,1H3. The molecule has 0 saturated heterocycles. The van der Waals surface area contributed by atoms with Gasteiger partial charge in [-0.3, -0.25) is 0 Å². The molecule has 0 aromatic heterocycles. The van der Waals surface area contributed by atoms with Gasteiger partial charge in [0.1, 0.15) is 0 Å². The van der Waals surface area contributed by atoms with E-state index in [0.29, 0.717) is 6.54 Å². The monoisotopic (exact) mass is 101 g/mol. The molecule has 0 N–H and O–H groups in total. The van der Waals surface area contributed by atoms with Crippen molar-refractivity contribution in [3.63, 3.8) is 0 Å². The molecule has 3 nitrogen and oxygen atoms in total. The number of hydrogen-bond donors (Lipinski definition) is 0.